The van der Waals surface area contributed by atoms with E-state index in [1.807, 2.05) is 27.7 Å². The van der Waals surface area contributed by atoms with Gasteiger partial charge in [-0.25, -0.2) is 0 Å². The third kappa shape index (κ3) is 3.26. The second kappa shape index (κ2) is 4.64. The van der Waals surface area contributed by atoms with Crippen LogP contribution in [-0.2, 0) is 13.7 Å². The molecule has 0 saturated carbocycles. The molecular formula is C14H29BO3Si. The number of hydrogen-bond acceptors (Lipinski definition) is 3. The number of rotatable bonds is 3. The van der Waals surface area contributed by atoms with Crippen LogP contribution in [0.25, 0.3) is 0 Å². The molecule has 0 aromatic carbocycles. The highest BCUT2D eigenvalue weighted by molar-refractivity contribution is 6.75. The SMILES string of the molecule is C=C(O[Si](C)(C)C(C)(C)C)B1OC(C)(C)C(C)(C)O1. The van der Waals surface area contributed by atoms with Gasteiger partial charge in [0, 0.05) is 0 Å². The minimum absolute atomic E-state index is 0.138. The predicted molar refractivity (Wildman–Crippen MR) is 83.5 cm³/mol. The molecular weight excluding hydrogens is 255 g/mol. The van der Waals surface area contributed by atoms with Crippen LogP contribution >= 0.6 is 0 Å². The fourth-order valence-corrected chi connectivity index (χ4v) is 2.56. The van der Waals surface area contributed by atoms with Gasteiger partial charge in [0.15, 0.2) is 0 Å². The van der Waals surface area contributed by atoms with Crippen molar-refractivity contribution in [1.82, 2.24) is 0 Å². The molecule has 0 aromatic heterocycles. The van der Waals surface area contributed by atoms with Gasteiger partial charge in [0.2, 0.25) is 8.32 Å². The van der Waals surface area contributed by atoms with Crippen LogP contribution < -0.4 is 0 Å². The predicted octanol–water partition coefficient (Wildman–Crippen LogP) is 4.15. The summed E-state index contributed by atoms with van der Waals surface area (Å²) in [5, 5.41) is 0.138. The Morgan fingerprint density at radius 3 is 1.74 bits per heavy atom. The quantitative estimate of drug-likeness (QED) is 0.575. The Kier molecular flexibility index (Phi) is 4.10. The van der Waals surface area contributed by atoms with E-state index in [9.17, 15) is 0 Å². The molecule has 0 aromatic rings. The molecule has 5 heteroatoms. The summed E-state index contributed by atoms with van der Waals surface area (Å²) in [6.45, 7) is 23.2. The summed E-state index contributed by atoms with van der Waals surface area (Å²) in [6.07, 6.45) is 0. The van der Waals surface area contributed by atoms with E-state index >= 15 is 0 Å². The van der Waals surface area contributed by atoms with Crippen LogP contribution in [0.3, 0.4) is 0 Å². The smallest absolute Gasteiger partial charge is 0.529 e. The Labute approximate surface area is 120 Å². The lowest BCUT2D eigenvalue weighted by molar-refractivity contribution is 0.00578. The molecule has 0 unspecified atom stereocenters. The van der Waals surface area contributed by atoms with Crippen molar-refractivity contribution in [1.29, 1.82) is 0 Å². The molecule has 19 heavy (non-hydrogen) atoms. The van der Waals surface area contributed by atoms with E-state index < -0.39 is 15.4 Å². The van der Waals surface area contributed by atoms with E-state index in [4.69, 9.17) is 13.7 Å². The fourth-order valence-electron chi connectivity index (χ4n) is 1.50. The molecule has 0 spiro atoms. The van der Waals surface area contributed by atoms with Crippen molar-refractivity contribution in [3.63, 3.8) is 0 Å². The van der Waals surface area contributed by atoms with E-state index in [1.165, 1.54) is 0 Å². The molecule has 1 heterocycles. The summed E-state index contributed by atoms with van der Waals surface area (Å²) in [7, 11) is -2.36. The van der Waals surface area contributed by atoms with Gasteiger partial charge in [-0.2, -0.15) is 0 Å². The standard InChI is InChI=1S/C14H29BO3Si/c1-11(16-19(9,10)12(2,3)4)15-17-13(5,6)14(7,8)18-15/h1H2,2-10H3. The van der Waals surface area contributed by atoms with Gasteiger partial charge in [-0.1, -0.05) is 27.4 Å². The summed E-state index contributed by atoms with van der Waals surface area (Å²) >= 11 is 0. The Bertz CT molecular complexity index is 353. The van der Waals surface area contributed by atoms with Crippen molar-refractivity contribution >= 4 is 15.4 Å². The summed E-state index contributed by atoms with van der Waals surface area (Å²) < 4.78 is 18.1. The first kappa shape index (κ1) is 16.8. The maximum Gasteiger partial charge on any atom is 0.529 e. The monoisotopic (exact) mass is 284 g/mol. The molecule has 1 saturated heterocycles. The van der Waals surface area contributed by atoms with E-state index in [1.54, 1.807) is 0 Å². The van der Waals surface area contributed by atoms with Gasteiger partial charge < -0.3 is 13.7 Å². The van der Waals surface area contributed by atoms with E-state index in [2.05, 4.69) is 40.4 Å². The van der Waals surface area contributed by atoms with Crippen molar-refractivity contribution in [2.45, 2.75) is 77.8 Å². The van der Waals surface area contributed by atoms with Crippen LogP contribution in [0.5, 0.6) is 0 Å². The minimum Gasteiger partial charge on any atom is -0.549 e. The van der Waals surface area contributed by atoms with E-state index in [0.29, 0.717) is 5.66 Å². The molecule has 0 N–H and O–H groups in total. The van der Waals surface area contributed by atoms with Crippen LogP contribution in [-0.4, -0.2) is 26.6 Å². The van der Waals surface area contributed by atoms with Gasteiger partial charge in [-0.15, -0.1) is 0 Å². The molecule has 0 aliphatic carbocycles. The van der Waals surface area contributed by atoms with Crippen molar-refractivity contribution in [3.8, 4) is 0 Å². The first-order valence-electron chi connectivity index (χ1n) is 6.93. The molecule has 0 atom stereocenters. The van der Waals surface area contributed by atoms with Gasteiger partial charge in [0.25, 0.3) is 0 Å². The second-order valence-corrected chi connectivity index (χ2v) is 12.6. The Morgan fingerprint density at radius 1 is 1.05 bits per heavy atom. The van der Waals surface area contributed by atoms with Crippen LogP contribution in [0, 0.1) is 0 Å². The summed E-state index contributed by atoms with van der Waals surface area (Å²) in [5.74, 6) is 0. The Hall–Kier alpha value is -0.258. The van der Waals surface area contributed by atoms with Crippen molar-refractivity contribution in [2.75, 3.05) is 0 Å². The lowest BCUT2D eigenvalue weighted by Crippen LogP contribution is -2.42. The molecule has 110 valence electrons. The average Bonchev–Trinajstić information content (AvgIpc) is 2.33. The van der Waals surface area contributed by atoms with Gasteiger partial charge in [0.05, 0.1) is 11.2 Å². The first-order valence-corrected chi connectivity index (χ1v) is 9.84. The molecule has 1 fully saturated rings. The Balaban J connectivity index is 2.78. The zero-order chi connectivity index (χ0) is 15.3. The van der Waals surface area contributed by atoms with Crippen molar-refractivity contribution in [3.05, 3.63) is 12.2 Å². The summed E-state index contributed by atoms with van der Waals surface area (Å²) in [5.41, 5.74) is -0.0975. The average molecular weight is 284 g/mol. The molecule has 1 aliphatic rings. The topological polar surface area (TPSA) is 27.7 Å². The summed E-state index contributed by atoms with van der Waals surface area (Å²) in [4.78, 5) is 0. The maximum absolute atomic E-state index is 6.17. The largest absolute Gasteiger partial charge is 0.549 e. The maximum atomic E-state index is 6.17. The third-order valence-electron chi connectivity index (χ3n) is 4.71. The molecule has 0 amide bonds. The van der Waals surface area contributed by atoms with Crippen LogP contribution in [0.1, 0.15) is 48.5 Å². The molecule has 0 bridgehead atoms. The highest BCUT2D eigenvalue weighted by Gasteiger charge is 2.54. The second-order valence-electron chi connectivity index (χ2n) is 7.92. The zero-order valence-corrected chi connectivity index (χ0v) is 15.0. The minimum atomic E-state index is -1.89. The van der Waals surface area contributed by atoms with Crippen LogP contribution in [0.4, 0.5) is 0 Å². The third-order valence-corrected chi connectivity index (χ3v) is 9.09. The van der Waals surface area contributed by atoms with E-state index in [-0.39, 0.29) is 16.2 Å². The molecule has 3 nitrogen and oxygen atoms in total. The lowest BCUT2D eigenvalue weighted by Gasteiger charge is -2.37. The summed E-state index contributed by atoms with van der Waals surface area (Å²) in [6, 6.07) is 0. The molecule has 1 rings (SSSR count). The molecule has 1 aliphatic heterocycles. The number of hydrogen-bond donors (Lipinski definition) is 0. The van der Waals surface area contributed by atoms with Crippen LogP contribution in [0.15, 0.2) is 12.2 Å². The zero-order valence-electron chi connectivity index (χ0n) is 14.0. The fraction of sp³-hybridized carbons (Fsp3) is 0.857. The van der Waals surface area contributed by atoms with Crippen LogP contribution in [0.2, 0.25) is 18.1 Å². The van der Waals surface area contributed by atoms with Gasteiger partial charge in [-0.3, -0.25) is 0 Å². The van der Waals surface area contributed by atoms with Gasteiger partial charge >= 0.3 is 7.12 Å². The highest BCUT2D eigenvalue weighted by atomic mass is 28.4. The van der Waals surface area contributed by atoms with E-state index in [0.717, 1.165) is 0 Å². The first-order chi connectivity index (χ1) is 8.20. The van der Waals surface area contributed by atoms with Crippen molar-refractivity contribution in [2.24, 2.45) is 0 Å². The van der Waals surface area contributed by atoms with Gasteiger partial charge in [-0.05, 0) is 45.8 Å². The highest BCUT2D eigenvalue weighted by Crippen LogP contribution is 2.41. The van der Waals surface area contributed by atoms with Gasteiger partial charge in [0.1, 0.15) is 5.66 Å². The normalized spacial score (nSPS) is 22.5. The molecule has 0 radical (unpaired) electrons. The lowest BCUT2D eigenvalue weighted by atomic mass is 9.88. The van der Waals surface area contributed by atoms with Crippen molar-refractivity contribution < 1.29 is 13.7 Å². The Morgan fingerprint density at radius 2 is 1.42 bits per heavy atom.